The Hall–Kier alpha value is -2.82. The molecule has 2 aromatic rings. The second kappa shape index (κ2) is 7.86. The van der Waals surface area contributed by atoms with Crippen molar-refractivity contribution in [2.75, 3.05) is 5.75 Å². The number of esters is 1. The molecule has 200 valence electrons. The fourth-order valence-corrected chi connectivity index (χ4v) is 10.2. The predicted octanol–water partition coefficient (Wildman–Crippen LogP) is 3.98. The Labute approximate surface area is 219 Å². The summed E-state index contributed by atoms with van der Waals surface area (Å²) in [6.45, 7) is 3.78. The molecule has 3 fully saturated rings. The highest BCUT2D eigenvalue weighted by molar-refractivity contribution is 7.83. The Bertz CT molecular complexity index is 1410. The molecular weight excluding hydrogens is 519 g/mol. The Balaban J connectivity index is 1.72. The third-order valence-corrected chi connectivity index (χ3v) is 10.9. The second-order valence-electron chi connectivity index (χ2n) is 11.2. The summed E-state index contributed by atoms with van der Waals surface area (Å²) in [4.78, 5) is 26.7. The van der Waals surface area contributed by atoms with Gasteiger partial charge in [0, 0.05) is 27.9 Å². The summed E-state index contributed by atoms with van der Waals surface area (Å²) < 4.78 is 62.3. The van der Waals surface area contributed by atoms with Crippen LogP contribution in [0, 0.1) is 16.7 Å². The van der Waals surface area contributed by atoms with Crippen LogP contribution in [0.2, 0.25) is 0 Å². The first kappa shape index (κ1) is 25.5. The lowest BCUT2D eigenvalue weighted by Crippen LogP contribution is -2.69. The van der Waals surface area contributed by atoms with Crippen LogP contribution in [-0.2, 0) is 20.5 Å². The number of alkyl halides is 3. The summed E-state index contributed by atoms with van der Waals surface area (Å²) in [5.41, 5.74) is -4.92. The van der Waals surface area contributed by atoms with Crippen LogP contribution in [0.3, 0.4) is 0 Å². The number of Topliss-reactive ketones (excluding diaryl/α,β-unsaturated/α-hetero) is 1. The molecule has 2 aromatic carbocycles. The van der Waals surface area contributed by atoms with E-state index < -0.39 is 62.9 Å². The SMILES string of the molecule is CC1(C)[C@@H]2CC[C@]13C[S@](=O)N[C@@]31C(C(=O)c3ccccc3)=C(c3ccccc3)[C@H](OC(=O)C(F)(F)F)[C@@]21O. The number of hydrogen-bond donors (Lipinski definition) is 2. The first-order valence-corrected chi connectivity index (χ1v) is 13.7. The van der Waals surface area contributed by atoms with E-state index >= 15 is 0 Å². The number of aliphatic hydroxyl groups is 1. The lowest BCUT2D eigenvalue weighted by atomic mass is 9.58. The summed E-state index contributed by atoms with van der Waals surface area (Å²) in [5, 5.41) is 12.8. The van der Waals surface area contributed by atoms with Crippen LogP contribution < -0.4 is 4.72 Å². The molecule has 6 nitrogen and oxygen atoms in total. The van der Waals surface area contributed by atoms with Crippen molar-refractivity contribution in [2.45, 2.75) is 50.1 Å². The average Bonchev–Trinajstić information content (AvgIpc) is 3.45. The van der Waals surface area contributed by atoms with Crippen molar-refractivity contribution in [1.29, 1.82) is 0 Å². The van der Waals surface area contributed by atoms with Crippen molar-refractivity contribution in [2.24, 2.45) is 16.7 Å². The van der Waals surface area contributed by atoms with Gasteiger partial charge >= 0.3 is 12.1 Å². The van der Waals surface area contributed by atoms with Gasteiger partial charge in [0.15, 0.2) is 11.9 Å². The highest BCUT2D eigenvalue weighted by Gasteiger charge is 2.90. The predicted molar refractivity (Wildman–Crippen MR) is 133 cm³/mol. The molecule has 4 aliphatic rings. The number of rotatable bonds is 4. The molecule has 1 saturated heterocycles. The monoisotopic (exact) mass is 545 g/mol. The highest BCUT2D eigenvalue weighted by atomic mass is 32.2. The summed E-state index contributed by atoms with van der Waals surface area (Å²) >= 11 is 0. The van der Waals surface area contributed by atoms with E-state index in [0.717, 1.165) is 0 Å². The zero-order valence-corrected chi connectivity index (χ0v) is 21.5. The largest absolute Gasteiger partial charge is 0.490 e. The maximum absolute atomic E-state index is 14.4. The van der Waals surface area contributed by atoms with Crippen LogP contribution in [0.4, 0.5) is 13.2 Å². The fourth-order valence-electron chi connectivity index (χ4n) is 8.15. The summed E-state index contributed by atoms with van der Waals surface area (Å²) in [6, 6.07) is 16.4. The van der Waals surface area contributed by atoms with Crippen LogP contribution >= 0.6 is 0 Å². The zero-order valence-electron chi connectivity index (χ0n) is 20.7. The first-order valence-electron chi connectivity index (χ1n) is 12.4. The molecule has 6 atom stereocenters. The summed E-state index contributed by atoms with van der Waals surface area (Å²) in [7, 11) is -1.71. The molecule has 0 amide bonds. The number of benzene rings is 2. The van der Waals surface area contributed by atoms with Crippen molar-refractivity contribution in [3.8, 4) is 0 Å². The number of ketones is 1. The van der Waals surface area contributed by atoms with E-state index in [-0.39, 0.29) is 22.5 Å². The van der Waals surface area contributed by atoms with Gasteiger partial charge in [0.25, 0.3) is 0 Å². The van der Waals surface area contributed by atoms with E-state index in [9.17, 15) is 32.1 Å². The zero-order chi connectivity index (χ0) is 27.3. The summed E-state index contributed by atoms with van der Waals surface area (Å²) in [6.07, 6.45) is -6.23. The van der Waals surface area contributed by atoms with Gasteiger partial charge < -0.3 is 9.84 Å². The van der Waals surface area contributed by atoms with Gasteiger partial charge in [-0.05, 0) is 29.7 Å². The molecule has 38 heavy (non-hydrogen) atoms. The Kier molecular flexibility index (Phi) is 5.27. The van der Waals surface area contributed by atoms with Gasteiger partial charge in [-0.25, -0.2) is 13.7 Å². The number of carbonyl (C=O) groups is 2. The molecular formula is C28H26F3NO5S. The van der Waals surface area contributed by atoms with Gasteiger partial charge in [-0.15, -0.1) is 0 Å². The van der Waals surface area contributed by atoms with E-state index in [0.29, 0.717) is 18.4 Å². The van der Waals surface area contributed by atoms with Crippen LogP contribution in [0.25, 0.3) is 5.57 Å². The fraction of sp³-hybridized carbons (Fsp3) is 0.429. The molecule has 0 aromatic heterocycles. The minimum absolute atomic E-state index is 0.0118. The Morgan fingerprint density at radius 3 is 2.26 bits per heavy atom. The van der Waals surface area contributed by atoms with Crippen LogP contribution in [0.5, 0.6) is 0 Å². The van der Waals surface area contributed by atoms with Gasteiger partial charge in [0.1, 0.15) is 5.60 Å². The van der Waals surface area contributed by atoms with E-state index in [4.69, 9.17) is 4.74 Å². The minimum atomic E-state index is -5.33. The standard InChI is InChI=1S/C28H26F3NO5S/c1-24(2)18-13-14-25(24)15-38(36)32-27(25)20(21(33)17-11-7-4-8-12-17)19(16-9-5-3-6-10-16)22(26(18,27)35)37-23(34)28(29,30)31/h3-12,18,22,32,35H,13-15H2,1-2H3/t18-,22-,25-,26-,27-,38-/m0/s1. The number of carbonyl (C=O) groups excluding carboxylic acids is 2. The van der Waals surface area contributed by atoms with Crippen molar-refractivity contribution in [3.63, 3.8) is 0 Å². The molecule has 0 radical (unpaired) electrons. The smallest absolute Gasteiger partial charge is 0.448 e. The average molecular weight is 546 g/mol. The molecule has 2 spiro atoms. The second-order valence-corrected chi connectivity index (χ2v) is 12.4. The molecule has 0 unspecified atom stereocenters. The van der Waals surface area contributed by atoms with E-state index in [2.05, 4.69) is 4.72 Å². The minimum Gasteiger partial charge on any atom is -0.448 e. The van der Waals surface area contributed by atoms with Crippen molar-refractivity contribution in [3.05, 3.63) is 77.4 Å². The van der Waals surface area contributed by atoms with Crippen molar-refractivity contribution in [1.82, 2.24) is 4.72 Å². The van der Waals surface area contributed by atoms with Gasteiger partial charge in [0.2, 0.25) is 0 Å². The lowest BCUT2D eigenvalue weighted by Gasteiger charge is -2.49. The highest BCUT2D eigenvalue weighted by Crippen LogP contribution is 2.80. The molecule has 6 rings (SSSR count). The normalized spacial score (nSPS) is 36.7. The third-order valence-electron chi connectivity index (χ3n) is 9.57. The molecule has 10 heteroatoms. The first-order chi connectivity index (χ1) is 17.8. The molecule has 2 saturated carbocycles. The van der Waals surface area contributed by atoms with Crippen molar-refractivity contribution >= 4 is 28.3 Å². The maximum atomic E-state index is 14.4. The molecule has 3 aliphatic carbocycles. The third kappa shape index (κ3) is 2.83. The Morgan fingerprint density at radius 1 is 1.05 bits per heavy atom. The van der Waals surface area contributed by atoms with E-state index in [1.165, 1.54) is 0 Å². The molecule has 2 N–H and O–H groups in total. The van der Waals surface area contributed by atoms with Gasteiger partial charge in [-0.3, -0.25) is 4.79 Å². The van der Waals surface area contributed by atoms with Crippen LogP contribution in [-0.4, -0.2) is 50.2 Å². The van der Waals surface area contributed by atoms with Crippen LogP contribution in [0.15, 0.2) is 66.2 Å². The molecule has 2 bridgehead atoms. The number of halogens is 3. The number of ether oxygens (including phenoxy) is 1. The van der Waals surface area contributed by atoms with Gasteiger partial charge in [0.05, 0.1) is 16.5 Å². The molecule has 1 heterocycles. The van der Waals surface area contributed by atoms with Crippen molar-refractivity contribution < 1.29 is 36.8 Å². The van der Waals surface area contributed by atoms with E-state index in [1.807, 2.05) is 13.8 Å². The number of hydrogen-bond acceptors (Lipinski definition) is 5. The number of fused-ring (bicyclic) bond motifs is 2. The lowest BCUT2D eigenvalue weighted by molar-refractivity contribution is -0.216. The summed E-state index contributed by atoms with van der Waals surface area (Å²) in [5.74, 6) is -3.53. The van der Waals surface area contributed by atoms with Gasteiger partial charge in [-0.1, -0.05) is 74.5 Å². The topological polar surface area (TPSA) is 92.7 Å². The van der Waals surface area contributed by atoms with Gasteiger partial charge in [-0.2, -0.15) is 13.2 Å². The number of nitrogens with one attached hydrogen (secondary N) is 1. The Morgan fingerprint density at radius 2 is 1.66 bits per heavy atom. The maximum Gasteiger partial charge on any atom is 0.490 e. The van der Waals surface area contributed by atoms with Crippen LogP contribution in [0.1, 0.15) is 42.6 Å². The quantitative estimate of drug-likeness (QED) is 0.448. The molecule has 1 aliphatic heterocycles. The van der Waals surface area contributed by atoms with E-state index in [1.54, 1.807) is 60.7 Å².